The van der Waals surface area contributed by atoms with Crippen LogP contribution in [0.3, 0.4) is 0 Å². The topological polar surface area (TPSA) is 92.6 Å². The van der Waals surface area contributed by atoms with Crippen LogP contribution in [0.1, 0.15) is 33.3 Å². The molecule has 3 aromatic carbocycles. The fourth-order valence-electron chi connectivity index (χ4n) is 4.24. The normalized spacial score (nSPS) is 16.8. The number of aliphatic hydroxyl groups excluding tert-OH is 1. The molecule has 1 aliphatic rings. The maximum Gasteiger partial charge on any atom is 0.301 e. The predicted octanol–water partition coefficient (Wildman–Crippen LogP) is 5.50. The van der Waals surface area contributed by atoms with Gasteiger partial charge in [0.1, 0.15) is 35.0 Å². The summed E-state index contributed by atoms with van der Waals surface area (Å²) in [6.07, 6.45) is 0. The van der Waals surface area contributed by atoms with Gasteiger partial charge in [-0.15, -0.1) is 10.2 Å². The van der Waals surface area contributed by atoms with Gasteiger partial charge in [0, 0.05) is 11.1 Å². The first kappa shape index (κ1) is 24.3. The molecule has 2 heterocycles. The molecule has 1 aliphatic heterocycles. The zero-order valence-corrected chi connectivity index (χ0v) is 20.8. The molecule has 1 fully saturated rings. The summed E-state index contributed by atoms with van der Waals surface area (Å²) in [7, 11) is 0. The maximum absolute atomic E-state index is 14.9. The fraction of sp³-hybridized carbons (Fsp3) is 0.143. The molecule has 0 unspecified atom stereocenters. The van der Waals surface area contributed by atoms with E-state index in [9.17, 15) is 19.1 Å². The van der Waals surface area contributed by atoms with Gasteiger partial charge in [-0.2, -0.15) is 0 Å². The van der Waals surface area contributed by atoms with Crippen LogP contribution in [-0.2, 0) is 16.2 Å². The lowest BCUT2D eigenvalue weighted by molar-refractivity contribution is -0.132. The summed E-state index contributed by atoms with van der Waals surface area (Å²) in [5.74, 6) is -2.32. The van der Waals surface area contributed by atoms with Gasteiger partial charge >= 0.3 is 5.91 Å². The number of hydrogen-bond donors (Lipinski definition) is 1. The second-order valence-electron chi connectivity index (χ2n) is 8.60. The Labute approximate surface area is 216 Å². The van der Waals surface area contributed by atoms with Crippen molar-refractivity contribution in [1.82, 2.24) is 10.2 Å². The highest BCUT2D eigenvalue weighted by Gasteiger charge is 2.49. The number of ketones is 1. The van der Waals surface area contributed by atoms with Gasteiger partial charge in [-0.25, -0.2) is 4.39 Å². The maximum atomic E-state index is 14.9. The monoisotopic (exact) mass is 515 g/mol. The van der Waals surface area contributed by atoms with Crippen LogP contribution in [0.2, 0.25) is 0 Å². The van der Waals surface area contributed by atoms with Gasteiger partial charge in [0.25, 0.3) is 5.78 Å². The van der Waals surface area contributed by atoms with Crippen LogP contribution in [0.15, 0.2) is 78.4 Å². The number of hydrogen-bond acceptors (Lipinski definition) is 7. The van der Waals surface area contributed by atoms with Crippen molar-refractivity contribution in [2.24, 2.45) is 0 Å². The molecule has 0 saturated carbocycles. The van der Waals surface area contributed by atoms with Crippen LogP contribution in [0.4, 0.5) is 9.52 Å². The van der Waals surface area contributed by atoms with E-state index in [1.165, 1.54) is 18.2 Å². The van der Waals surface area contributed by atoms with E-state index < -0.39 is 29.3 Å². The minimum atomic E-state index is -1.20. The smallest absolute Gasteiger partial charge is 0.301 e. The zero-order valence-electron chi connectivity index (χ0n) is 20.0. The molecule has 5 rings (SSSR count). The second kappa shape index (κ2) is 9.94. The molecule has 1 atom stereocenters. The number of halogens is 1. The number of anilines is 1. The highest BCUT2D eigenvalue weighted by molar-refractivity contribution is 7.15. The second-order valence-corrected chi connectivity index (χ2v) is 9.76. The number of Topliss-reactive ketones (excluding diaryl/α,β-unsaturated/α-hetero) is 1. The first-order chi connectivity index (χ1) is 17.8. The third-order valence-electron chi connectivity index (χ3n) is 5.98. The molecule has 186 valence electrons. The van der Waals surface area contributed by atoms with Gasteiger partial charge in [-0.05, 0) is 49.7 Å². The van der Waals surface area contributed by atoms with E-state index in [1.807, 2.05) is 31.2 Å². The molecule has 9 heteroatoms. The molecule has 0 spiro atoms. The van der Waals surface area contributed by atoms with Crippen LogP contribution in [0.5, 0.6) is 5.75 Å². The zero-order chi connectivity index (χ0) is 26.1. The first-order valence-corrected chi connectivity index (χ1v) is 12.3. The van der Waals surface area contributed by atoms with E-state index in [4.69, 9.17) is 4.74 Å². The largest absolute Gasteiger partial charge is 0.507 e. The van der Waals surface area contributed by atoms with Crippen LogP contribution >= 0.6 is 11.3 Å². The van der Waals surface area contributed by atoms with Crippen molar-refractivity contribution < 1.29 is 23.8 Å². The Balaban J connectivity index is 1.51. The number of aromatic nitrogens is 2. The summed E-state index contributed by atoms with van der Waals surface area (Å²) in [6, 6.07) is 19.1. The number of aryl methyl sites for hydroxylation is 2. The lowest BCUT2D eigenvalue weighted by Crippen LogP contribution is -2.29. The molecule has 37 heavy (non-hydrogen) atoms. The Morgan fingerprint density at radius 2 is 1.78 bits per heavy atom. The van der Waals surface area contributed by atoms with Gasteiger partial charge in [0.15, 0.2) is 0 Å². The Morgan fingerprint density at radius 1 is 1.03 bits per heavy atom. The third kappa shape index (κ3) is 4.73. The van der Waals surface area contributed by atoms with E-state index in [-0.39, 0.29) is 21.8 Å². The molecule has 1 N–H and O–H groups in total. The summed E-state index contributed by atoms with van der Waals surface area (Å²) in [5, 5.41) is 19.9. The van der Waals surface area contributed by atoms with E-state index >= 15 is 0 Å². The summed E-state index contributed by atoms with van der Waals surface area (Å²) >= 11 is 1.10. The Morgan fingerprint density at radius 3 is 2.46 bits per heavy atom. The average molecular weight is 516 g/mol. The standard InChI is InChI=1S/C28H22FN3O4S/c1-16-6-5-7-18(14-16)15-36-20-12-10-19(11-13-20)25(33)23-24(21-8-3-4-9-22(21)29)32(27(35)26(23)34)28-31-30-17(2)37-28/h3-14,24,33H,15H2,1-2H3/b25-23+/t24-/m0/s1. The van der Waals surface area contributed by atoms with Crippen LogP contribution < -0.4 is 9.64 Å². The molecular formula is C28H22FN3O4S. The van der Waals surface area contributed by atoms with Gasteiger partial charge < -0.3 is 9.84 Å². The van der Waals surface area contributed by atoms with E-state index in [0.29, 0.717) is 17.4 Å². The highest BCUT2D eigenvalue weighted by Crippen LogP contribution is 2.43. The fourth-order valence-corrected chi connectivity index (χ4v) is 4.95. The van der Waals surface area contributed by atoms with E-state index in [0.717, 1.165) is 27.4 Å². The molecular weight excluding hydrogens is 493 g/mol. The van der Waals surface area contributed by atoms with Crippen molar-refractivity contribution in [2.75, 3.05) is 4.90 Å². The third-order valence-corrected chi connectivity index (χ3v) is 6.82. The van der Waals surface area contributed by atoms with Crippen molar-refractivity contribution >= 4 is 33.9 Å². The van der Waals surface area contributed by atoms with Crippen LogP contribution in [0, 0.1) is 19.7 Å². The molecule has 7 nitrogen and oxygen atoms in total. The van der Waals surface area contributed by atoms with Gasteiger partial charge in [-0.1, -0.05) is 59.4 Å². The number of nitrogens with zero attached hydrogens (tertiary/aromatic N) is 3. The molecule has 1 saturated heterocycles. The minimum absolute atomic E-state index is 0.0641. The lowest BCUT2D eigenvalue weighted by atomic mass is 9.95. The Bertz CT molecular complexity index is 1530. The van der Waals surface area contributed by atoms with Crippen molar-refractivity contribution in [3.8, 4) is 5.75 Å². The van der Waals surface area contributed by atoms with E-state index in [2.05, 4.69) is 10.2 Å². The number of ether oxygens (including phenoxy) is 1. The average Bonchev–Trinajstić information content (AvgIpc) is 3.43. The lowest BCUT2D eigenvalue weighted by Gasteiger charge is -2.22. The van der Waals surface area contributed by atoms with Crippen molar-refractivity contribution in [1.29, 1.82) is 0 Å². The van der Waals surface area contributed by atoms with Crippen LogP contribution in [0.25, 0.3) is 5.76 Å². The van der Waals surface area contributed by atoms with Crippen molar-refractivity contribution in [3.63, 3.8) is 0 Å². The van der Waals surface area contributed by atoms with Crippen molar-refractivity contribution in [3.05, 3.63) is 111 Å². The molecule has 0 radical (unpaired) electrons. The summed E-state index contributed by atoms with van der Waals surface area (Å²) in [6.45, 7) is 4.08. The number of amides is 1. The Kier molecular flexibility index (Phi) is 6.54. The summed E-state index contributed by atoms with van der Waals surface area (Å²) in [4.78, 5) is 27.3. The van der Waals surface area contributed by atoms with Crippen molar-refractivity contribution in [2.45, 2.75) is 26.5 Å². The number of carbonyl (C=O) groups excluding carboxylic acids is 2. The van der Waals surface area contributed by atoms with Gasteiger partial charge in [0.05, 0.1) is 5.57 Å². The molecule has 0 aliphatic carbocycles. The molecule has 1 amide bonds. The molecule has 4 aromatic rings. The van der Waals surface area contributed by atoms with E-state index in [1.54, 1.807) is 37.3 Å². The summed E-state index contributed by atoms with van der Waals surface area (Å²) in [5.41, 5.74) is 2.27. The number of benzene rings is 3. The summed E-state index contributed by atoms with van der Waals surface area (Å²) < 4.78 is 20.8. The quantitative estimate of drug-likeness (QED) is 0.207. The highest BCUT2D eigenvalue weighted by atomic mass is 32.1. The molecule has 1 aromatic heterocycles. The molecule has 0 bridgehead atoms. The first-order valence-electron chi connectivity index (χ1n) is 11.5. The SMILES string of the molecule is Cc1cccc(COc2ccc(/C(O)=C3\C(=O)C(=O)N(c4nnc(C)s4)[C@H]3c3ccccc3F)cc2)c1. The Hall–Kier alpha value is -4.37. The number of aliphatic hydroxyl groups is 1. The van der Waals surface area contributed by atoms with Gasteiger partial charge in [-0.3, -0.25) is 14.5 Å². The van der Waals surface area contributed by atoms with Crippen LogP contribution in [-0.4, -0.2) is 27.0 Å². The minimum Gasteiger partial charge on any atom is -0.507 e. The number of carbonyl (C=O) groups is 2. The van der Waals surface area contributed by atoms with Gasteiger partial charge in [0.2, 0.25) is 5.13 Å². The predicted molar refractivity (Wildman–Crippen MR) is 138 cm³/mol. The number of rotatable bonds is 6.